The summed E-state index contributed by atoms with van der Waals surface area (Å²) in [5, 5.41) is 22.2. The molecule has 0 aliphatic carbocycles. The third-order valence-electron chi connectivity index (χ3n) is 3.86. The lowest BCUT2D eigenvalue weighted by Gasteiger charge is -2.27. The fourth-order valence-electron chi connectivity index (χ4n) is 2.27. The molecular weight excluding hydrogens is 378 g/mol. The molecule has 0 fully saturated rings. The largest absolute Gasteiger partial charge is 0.394 e. The Hall–Kier alpha value is -2.50. The third kappa shape index (κ3) is 4.10. The first-order chi connectivity index (χ1) is 12.8. The first-order valence-corrected chi connectivity index (χ1v) is 8.92. The number of benzene rings is 1. The lowest BCUT2D eigenvalue weighted by atomic mass is 10.1. The molecule has 0 atom stereocenters. The number of hydrogen-bond acceptors (Lipinski definition) is 8. The standard InChI is InChI=1S/C16H18F2N6O2S/c1-16(6-25,7-26)24-13-11-12(21-14(19)20-11)22-15(23-13)27-5-8-3-2-4-9(17)10(8)18/h2-4,25-26H,5-7H2,1H3,(H4,19,20,21,22,23,24). The number of nitrogen functional groups attached to an aromatic ring is 1. The Morgan fingerprint density at radius 3 is 2.67 bits per heavy atom. The van der Waals surface area contributed by atoms with E-state index in [1.54, 1.807) is 6.92 Å². The number of nitrogens with one attached hydrogen (secondary N) is 2. The van der Waals surface area contributed by atoms with Crippen molar-refractivity contribution in [3.8, 4) is 0 Å². The van der Waals surface area contributed by atoms with E-state index in [0.29, 0.717) is 5.52 Å². The topological polar surface area (TPSA) is 133 Å². The number of aromatic nitrogens is 4. The van der Waals surface area contributed by atoms with Crippen LogP contribution in [0.4, 0.5) is 20.5 Å². The van der Waals surface area contributed by atoms with Gasteiger partial charge in [-0.3, -0.25) is 0 Å². The van der Waals surface area contributed by atoms with E-state index in [1.807, 2.05) is 0 Å². The number of H-pyrrole nitrogens is 1. The molecule has 0 saturated heterocycles. The summed E-state index contributed by atoms with van der Waals surface area (Å²) < 4.78 is 27.2. The van der Waals surface area contributed by atoms with Crippen molar-refractivity contribution in [3.05, 3.63) is 35.4 Å². The Bertz CT molecular complexity index is 963. The summed E-state index contributed by atoms with van der Waals surface area (Å²) >= 11 is 1.09. The van der Waals surface area contributed by atoms with E-state index in [1.165, 1.54) is 12.1 Å². The predicted octanol–water partition coefficient (Wildman–Crippen LogP) is 1.66. The smallest absolute Gasteiger partial charge is 0.200 e. The quantitative estimate of drug-likeness (QED) is 0.301. The molecular formula is C16H18F2N6O2S. The molecule has 27 heavy (non-hydrogen) atoms. The number of fused-ring (bicyclic) bond motifs is 1. The summed E-state index contributed by atoms with van der Waals surface area (Å²) in [5.41, 5.74) is 5.49. The van der Waals surface area contributed by atoms with Crippen molar-refractivity contribution < 1.29 is 19.0 Å². The van der Waals surface area contributed by atoms with Crippen molar-refractivity contribution in [2.45, 2.75) is 23.4 Å². The summed E-state index contributed by atoms with van der Waals surface area (Å²) in [5.74, 6) is -1.34. The van der Waals surface area contributed by atoms with Gasteiger partial charge in [0.1, 0.15) is 5.52 Å². The maximum Gasteiger partial charge on any atom is 0.200 e. The van der Waals surface area contributed by atoms with E-state index >= 15 is 0 Å². The minimum absolute atomic E-state index is 0.103. The van der Waals surface area contributed by atoms with Crippen molar-refractivity contribution in [3.63, 3.8) is 0 Å². The average Bonchev–Trinajstić information content (AvgIpc) is 3.03. The number of hydrogen-bond donors (Lipinski definition) is 5. The van der Waals surface area contributed by atoms with E-state index in [-0.39, 0.29) is 47.1 Å². The van der Waals surface area contributed by atoms with Gasteiger partial charge in [-0.15, -0.1) is 0 Å². The molecule has 2 heterocycles. The molecule has 0 saturated carbocycles. The third-order valence-corrected chi connectivity index (χ3v) is 4.75. The highest BCUT2D eigenvalue weighted by molar-refractivity contribution is 7.98. The second-order valence-corrected chi connectivity index (χ2v) is 7.12. The Kier molecular flexibility index (Phi) is 5.44. The molecule has 3 rings (SSSR count). The Morgan fingerprint density at radius 1 is 1.22 bits per heavy atom. The minimum atomic E-state index is -1.04. The van der Waals surface area contributed by atoms with Gasteiger partial charge in [0.05, 0.1) is 18.8 Å². The Morgan fingerprint density at radius 2 is 1.96 bits per heavy atom. The molecule has 11 heteroatoms. The van der Waals surface area contributed by atoms with Crippen LogP contribution in [0, 0.1) is 11.6 Å². The zero-order valence-corrected chi connectivity index (χ0v) is 15.1. The normalized spacial score (nSPS) is 11.9. The fourth-order valence-corrected chi connectivity index (χ4v) is 3.08. The first-order valence-electron chi connectivity index (χ1n) is 7.94. The van der Waals surface area contributed by atoms with Crippen molar-refractivity contribution in [1.29, 1.82) is 0 Å². The van der Waals surface area contributed by atoms with Gasteiger partial charge in [-0.25, -0.2) is 18.7 Å². The molecule has 0 unspecified atom stereocenters. The summed E-state index contributed by atoms with van der Waals surface area (Å²) in [7, 11) is 0. The number of aromatic amines is 1. The average molecular weight is 396 g/mol. The molecule has 0 radical (unpaired) electrons. The fraction of sp³-hybridized carbons (Fsp3) is 0.312. The summed E-state index contributed by atoms with van der Waals surface area (Å²) in [6.07, 6.45) is 0. The van der Waals surface area contributed by atoms with E-state index < -0.39 is 17.2 Å². The molecule has 0 spiro atoms. The van der Waals surface area contributed by atoms with E-state index in [0.717, 1.165) is 17.8 Å². The summed E-state index contributed by atoms with van der Waals surface area (Å²) in [6.45, 7) is 0.904. The number of halogens is 2. The van der Waals surface area contributed by atoms with Gasteiger partial charge in [-0.2, -0.15) is 4.98 Å². The van der Waals surface area contributed by atoms with Gasteiger partial charge >= 0.3 is 0 Å². The minimum Gasteiger partial charge on any atom is -0.394 e. The van der Waals surface area contributed by atoms with Crippen molar-refractivity contribution in [2.24, 2.45) is 0 Å². The molecule has 2 aromatic heterocycles. The highest BCUT2D eigenvalue weighted by Gasteiger charge is 2.25. The number of nitrogens with zero attached hydrogens (tertiary/aromatic N) is 3. The van der Waals surface area contributed by atoms with Crippen LogP contribution >= 0.6 is 11.8 Å². The lowest BCUT2D eigenvalue weighted by molar-refractivity contribution is 0.147. The molecule has 0 bridgehead atoms. The van der Waals surface area contributed by atoms with Crippen molar-refractivity contribution in [1.82, 2.24) is 19.9 Å². The van der Waals surface area contributed by atoms with Crippen LogP contribution in [-0.4, -0.2) is 48.9 Å². The number of rotatable bonds is 7. The zero-order chi connectivity index (χ0) is 19.6. The van der Waals surface area contributed by atoms with Crippen LogP contribution in [0.1, 0.15) is 12.5 Å². The number of anilines is 2. The summed E-state index contributed by atoms with van der Waals surface area (Å²) in [6, 6.07) is 3.95. The van der Waals surface area contributed by atoms with Crippen LogP contribution in [0.15, 0.2) is 23.4 Å². The number of thioether (sulfide) groups is 1. The molecule has 6 N–H and O–H groups in total. The van der Waals surface area contributed by atoms with Gasteiger partial charge in [0.25, 0.3) is 0 Å². The monoisotopic (exact) mass is 396 g/mol. The lowest BCUT2D eigenvalue weighted by Crippen LogP contribution is -2.42. The molecule has 0 aliphatic heterocycles. The Balaban J connectivity index is 1.93. The molecule has 0 aliphatic rings. The van der Waals surface area contributed by atoms with Crippen molar-refractivity contribution in [2.75, 3.05) is 24.3 Å². The van der Waals surface area contributed by atoms with Gasteiger partial charge in [0.15, 0.2) is 34.2 Å². The van der Waals surface area contributed by atoms with Crippen LogP contribution < -0.4 is 11.1 Å². The van der Waals surface area contributed by atoms with Crippen LogP contribution in [0.25, 0.3) is 11.2 Å². The number of imidazole rings is 1. The van der Waals surface area contributed by atoms with Crippen LogP contribution in [0.3, 0.4) is 0 Å². The second kappa shape index (κ2) is 7.62. The number of nitrogens with two attached hydrogens (primary N) is 1. The molecule has 3 aromatic rings. The molecule has 1 aromatic carbocycles. The second-order valence-electron chi connectivity index (χ2n) is 6.18. The van der Waals surface area contributed by atoms with Gasteiger partial charge in [-0.05, 0) is 13.0 Å². The zero-order valence-electron chi connectivity index (χ0n) is 14.3. The van der Waals surface area contributed by atoms with Crippen LogP contribution in [-0.2, 0) is 5.75 Å². The Labute approximate surface area is 157 Å². The van der Waals surface area contributed by atoms with E-state index in [4.69, 9.17) is 5.73 Å². The molecule has 0 amide bonds. The summed E-state index contributed by atoms with van der Waals surface area (Å²) in [4.78, 5) is 15.5. The SMILES string of the molecule is CC(CO)(CO)Nc1nc(SCc2cccc(F)c2F)nc2nc(N)[nH]c12. The maximum atomic E-state index is 13.8. The van der Waals surface area contributed by atoms with Gasteiger partial charge < -0.3 is 26.2 Å². The van der Waals surface area contributed by atoms with Gasteiger partial charge in [0.2, 0.25) is 0 Å². The number of aliphatic hydroxyl groups is 2. The molecule has 8 nitrogen and oxygen atoms in total. The number of aliphatic hydroxyl groups excluding tert-OH is 2. The van der Waals surface area contributed by atoms with Gasteiger partial charge in [-0.1, -0.05) is 23.9 Å². The van der Waals surface area contributed by atoms with Crippen LogP contribution in [0.2, 0.25) is 0 Å². The first kappa shape index (κ1) is 19.3. The van der Waals surface area contributed by atoms with E-state index in [2.05, 4.69) is 25.3 Å². The predicted molar refractivity (Wildman–Crippen MR) is 98.2 cm³/mol. The maximum absolute atomic E-state index is 13.8. The highest BCUT2D eigenvalue weighted by Crippen LogP contribution is 2.28. The van der Waals surface area contributed by atoms with Crippen LogP contribution in [0.5, 0.6) is 0 Å². The molecule has 144 valence electrons. The van der Waals surface area contributed by atoms with Crippen molar-refractivity contribution >= 4 is 34.7 Å². The van der Waals surface area contributed by atoms with E-state index in [9.17, 15) is 19.0 Å². The van der Waals surface area contributed by atoms with Gasteiger partial charge in [0, 0.05) is 11.3 Å². The highest BCUT2D eigenvalue weighted by atomic mass is 32.2.